The summed E-state index contributed by atoms with van der Waals surface area (Å²) in [5, 5.41) is 7.31. The molecule has 0 fully saturated rings. The Hall–Kier alpha value is -2.99. The standard InChI is InChI=1S/C20H19ClN4O2/c1-13-10-19(24-16-6-7-17-18(11-16)27-12-26-17)25-20(23-13)22-9-8-14-2-4-15(21)5-3-14/h2-7,10-11H,8-9,12H2,1H3,(H2,22,23,24,25). The molecule has 0 aliphatic carbocycles. The van der Waals surface area contributed by atoms with E-state index in [1.54, 1.807) is 0 Å². The quantitative estimate of drug-likeness (QED) is 0.651. The molecule has 1 aromatic heterocycles. The second-order valence-electron chi connectivity index (χ2n) is 6.21. The number of rotatable bonds is 6. The first-order valence-electron chi connectivity index (χ1n) is 8.66. The molecular weight excluding hydrogens is 364 g/mol. The van der Waals surface area contributed by atoms with Crippen LogP contribution in [-0.2, 0) is 6.42 Å². The molecule has 138 valence electrons. The van der Waals surface area contributed by atoms with E-state index >= 15 is 0 Å². The number of nitrogens with zero attached hydrogens (tertiary/aromatic N) is 2. The smallest absolute Gasteiger partial charge is 0.231 e. The van der Waals surface area contributed by atoms with Crippen molar-refractivity contribution in [3.05, 3.63) is 64.8 Å². The molecule has 1 aliphatic rings. The maximum Gasteiger partial charge on any atom is 0.231 e. The van der Waals surface area contributed by atoms with E-state index in [1.165, 1.54) is 5.56 Å². The van der Waals surface area contributed by atoms with E-state index in [9.17, 15) is 0 Å². The van der Waals surface area contributed by atoms with Crippen LogP contribution in [0.5, 0.6) is 11.5 Å². The molecule has 0 unspecified atom stereocenters. The highest BCUT2D eigenvalue weighted by Gasteiger charge is 2.13. The van der Waals surface area contributed by atoms with Gasteiger partial charge in [-0.15, -0.1) is 0 Å². The average molecular weight is 383 g/mol. The molecule has 0 saturated heterocycles. The third-order valence-electron chi connectivity index (χ3n) is 4.11. The van der Waals surface area contributed by atoms with Crippen molar-refractivity contribution in [3.8, 4) is 11.5 Å². The fraction of sp³-hybridized carbons (Fsp3) is 0.200. The molecule has 0 amide bonds. The van der Waals surface area contributed by atoms with E-state index in [1.807, 2.05) is 55.5 Å². The molecule has 3 aromatic rings. The summed E-state index contributed by atoms with van der Waals surface area (Å²) in [6, 6.07) is 15.4. The summed E-state index contributed by atoms with van der Waals surface area (Å²) in [4.78, 5) is 8.99. The van der Waals surface area contributed by atoms with Gasteiger partial charge < -0.3 is 20.1 Å². The molecule has 2 aromatic carbocycles. The first-order chi connectivity index (χ1) is 13.2. The van der Waals surface area contributed by atoms with Crippen LogP contribution in [0, 0.1) is 6.92 Å². The van der Waals surface area contributed by atoms with Gasteiger partial charge >= 0.3 is 0 Å². The van der Waals surface area contributed by atoms with Gasteiger partial charge in [-0.25, -0.2) is 4.98 Å². The zero-order valence-electron chi connectivity index (χ0n) is 14.8. The second kappa shape index (κ2) is 7.72. The van der Waals surface area contributed by atoms with Crippen LogP contribution >= 0.6 is 11.6 Å². The van der Waals surface area contributed by atoms with Gasteiger partial charge in [0.2, 0.25) is 12.7 Å². The van der Waals surface area contributed by atoms with Crippen molar-refractivity contribution in [2.75, 3.05) is 24.0 Å². The van der Waals surface area contributed by atoms with Crippen LogP contribution in [0.25, 0.3) is 0 Å². The van der Waals surface area contributed by atoms with Gasteiger partial charge in [0.25, 0.3) is 0 Å². The van der Waals surface area contributed by atoms with Crippen LogP contribution < -0.4 is 20.1 Å². The molecule has 4 rings (SSSR count). The maximum atomic E-state index is 5.92. The van der Waals surface area contributed by atoms with Crippen molar-refractivity contribution >= 4 is 29.1 Å². The van der Waals surface area contributed by atoms with Crippen molar-refractivity contribution in [3.63, 3.8) is 0 Å². The Morgan fingerprint density at radius 2 is 1.81 bits per heavy atom. The Kier molecular flexibility index (Phi) is 4.98. The van der Waals surface area contributed by atoms with Crippen LogP contribution in [0.4, 0.5) is 17.5 Å². The monoisotopic (exact) mass is 382 g/mol. The first-order valence-corrected chi connectivity index (χ1v) is 9.04. The van der Waals surface area contributed by atoms with Crippen LogP contribution in [0.15, 0.2) is 48.5 Å². The zero-order chi connectivity index (χ0) is 18.6. The zero-order valence-corrected chi connectivity index (χ0v) is 15.6. The molecule has 0 radical (unpaired) electrons. The number of hydrogen-bond acceptors (Lipinski definition) is 6. The summed E-state index contributed by atoms with van der Waals surface area (Å²) in [5.74, 6) is 2.79. The predicted molar refractivity (Wildman–Crippen MR) is 106 cm³/mol. The summed E-state index contributed by atoms with van der Waals surface area (Å²) in [6.07, 6.45) is 0.861. The van der Waals surface area contributed by atoms with Gasteiger partial charge in [0.1, 0.15) is 5.82 Å². The minimum absolute atomic E-state index is 0.257. The van der Waals surface area contributed by atoms with Crippen molar-refractivity contribution in [1.82, 2.24) is 9.97 Å². The molecule has 0 saturated carbocycles. The molecule has 27 heavy (non-hydrogen) atoms. The van der Waals surface area contributed by atoms with Gasteiger partial charge in [-0.1, -0.05) is 23.7 Å². The molecule has 0 spiro atoms. The number of halogens is 1. The normalized spacial score (nSPS) is 12.1. The van der Waals surface area contributed by atoms with Crippen molar-refractivity contribution in [2.24, 2.45) is 0 Å². The molecule has 7 heteroatoms. The van der Waals surface area contributed by atoms with Crippen LogP contribution in [0.1, 0.15) is 11.3 Å². The molecule has 0 bridgehead atoms. The highest BCUT2D eigenvalue weighted by Crippen LogP contribution is 2.35. The number of hydrogen-bond donors (Lipinski definition) is 2. The third-order valence-corrected chi connectivity index (χ3v) is 4.36. The minimum atomic E-state index is 0.257. The number of anilines is 3. The van der Waals surface area contributed by atoms with E-state index in [0.717, 1.165) is 46.7 Å². The summed E-state index contributed by atoms with van der Waals surface area (Å²) < 4.78 is 10.7. The van der Waals surface area contributed by atoms with Gasteiger partial charge in [-0.3, -0.25) is 0 Å². The topological polar surface area (TPSA) is 68.3 Å². The lowest BCUT2D eigenvalue weighted by atomic mass is 10.1. The van der Waals surface area contributed by atoms with E-state index in [2.05, 4.69) is 20.6 Å². The number of benzene rings is 2. The highest BCUT2D eigenvalue weighted by molar-refractivity contribution is 6.30. The Morgan fingerprint density at radius 3 is 2.67 bits per heavy atom. The summed E-state index contributed by atoms with van der Waals surface area (Å²) in [7, 11) is 0. The lowest BCUT2D eigenvalue weighted by Crippen LogP contribution is -2.09. The Balaban J connectivity index is 1.41. The predicted octanol–water partition coefficient (Wildman–Crippen LogP) is 4.57. The van der Waals surface area contributed by atoms with Crippen LogP contribution in [0.2, 0.25) is 5.02 Å². The van der Waals surface area contributed by atoms with E-state index in [0.29, 0.717) is 5.95 Å². The van der Waals surface area contributed by atoms with Gasteiger partial charge in [0.05, 0.1) is 0 Å². The fourth-order valence-electron chi connectivity index (χ4n) is 2.80. The Labute approximate surface area is 162 Å². The van der Waals surface area contributed by atoms with Gasteiger partial charge in [0.15, 0.2) is 11.5 Å². The van der Waals surface area contributed by atoms with Gasteiger partial charge in [0, 0.05) is 35.1 Å². The molecular formula is C20H19ClN4O2. The number of nitrogens with one attached hydrogen (secondary N) is 2. The lowest BCUT2D eigenvalue weighted by molar-refractivity contribution is 0.174. The molecule has 6 nitrogen and oxygen atoms in total. The minimum Gasteiger partial charge on any atom is -0.454 e. The summed E-state index contributed by atoms with van der Waals surface area (Å²) >= 11 is 5.92. The third kappa shape index (κ3) is 4.41. The Bertz CT molecular complexity index is 947. The van der Waals surface area contributed by atoms with E-state index < -0.39 is 0 Å². The van der Waals surface area contributed by atoms with Crippen LogP contribution in [-0.4, -0.2) is 23.3 Å². The highest BCUT2D eigenvalue weighted by atomic mass is 35.5. The molecule has 0 atom stereocenters. The average Bonchev–Trinajstić information content (AvgIpc) is 3.11. The number of aromatic nitrogens is 2. The van der Waals surface area contributed by atoms with Crippen molar-refractivity contribution in [1.29, 1.82) is 0 Å². The van der Waals surface area contributed by atoms with Gasteiger partial charge in [-0.2, -0.15) is 4.98 Å². The fourth-order valence-corrected chi connectivity index (χ4v) is 2.93. The molecule has 2 N–H and O–H groups in total. The largest absolute Gasteiger partial charge is 0.454 e. The molecule has 1 aliphatic heterocycles. The summed E-state index contributed by atoms with van der Waals surface area (Å²) in [6.45, 7) is 2.93. The number of ether oxygens (including phenoxy) is 2. The number of fused-ring (bicyclic) bond motifs is 1. The second-order valence-corrected chi connectivity index (χ2v) is 6.65. The SMILES string of the molecule is Cc1cc(Nc2ccc3c(c2)OCO3)nc(NCCc2ccc(Cl)cc2)n1. The maximum absolute atomic E-state index is 5.92. The first kappa shape index (κ1) is 17.4. The summed E-state index contributed by atoms with van der Waals surface area (Å²) in [5.41, 5.74) is 2.96. The van der Waals surface area contributed by atoms with Crippen LogP contribution in [0.3, 0.4) is 0 Å². The lowest BCUT2D eigenvalue weighted by Gasteiger charge is -2.10. The van der Waals surface area contributed by atoms with E-state index in [4.69, 9.17) is 21.1 Å². The van der Waals surface area contributed by atoms with Crippen molar-refractivity contribution in [2.45, 2.75) is 13.3 Å². The van der Waals surface area contributed by atoms with Crippen molar-refractivity contribution < 1.29 is 9.47 Å². The molecule has 2 heterocycles. The number of aryl methyl sites for hydroxylation is 1. The van der Waals surface area contributed by atoms with Gasteiger partial charge in [-0.05, 0) is 43.2 Å². The Morgan fingerprint density at radius 1 is 1.00 bits per heavy atom. The van der Waals surface area contributed by atoms with E-state index in [-0.39, 0.29) is 6.79 Å².